The zero-order valence-electron chi connectivity index (χ0n) is 15.7. The van der Waals surface area contributed by atoms with Gasteiger partial charge in [0.05, 0.1) is 24.6 Å². The van der Waals surface area contributed by atoms with Gasteiger partial charge in [0.25, 0.3) is 0 Å². The van der Waals surface area contributed by atoms with Gasteiger partial charge >= 0.3 is 6.18 Å². The second-order valence-corrected chi connectivity index (χ2v) is 7.02. The fourth-order valence-electron chi connectivity index (χ4n) is 3.50. The van der Waals surface area contributed by atoms with E-state index >= 15 is 0 Å². The van der Waals surface area contributed by atoms with Crippen molar-refractivity contribution in [1.82, 2.24) is 19.7 Å². The first kappa shape index (κ1) is 19.2. The maximum absolute atomic E-state index is 12.8. The highest BCUT2D eigenvalue weighted by atomic mass is 19.4. The van der Waals surface area contributed by atoms with Crippen molar-refractivity contribution in [3.8, 4) is 11.4 Å². The maximum Gasteiger partial charge on any atom is 0.416 e. The van der Waals surface area contributed by atoms with Gasteiger partial charge in [0.15, 0.2) is 5.82 Å². The zero-order valence-corrected chi connectivity index (χ0v) is 15.7. The third kappa shape index (κ3) is 3.87. The number of benzene rings is 2. The Balaban J connectivity index is 1.49. The minimum absolute atomic E-state index is 0.0438. The lowest BCUT2D eigenvalue weighted by atomic mass is 10.1. The lowest BCUT2D eigenvalue weighted by molar-refractivity contribution is -0.137. The van der Waals surface area contributed by atoms with Crippen molar-refractivity contribution in [2.24, 2.45) is 0 Å². The molecule has 0 bridgehead atoms. The minimum atomic E-state index is -4.38. The molecule has 29 heavy (non-hydrogen) atoms. The van der Waals surface area contributed by atoms with Crippen LogP contribution in [0, 0.1) is 0 Å². The number of fused-ring (bicyclic) bond motifs is 1. The molecule has 0 saturated carbocycles. The SMILES string of the molecule is C[C@H]1c2nc(-c3ccccc3)nn2CCN1C(=O)Cc1ccc(C(F)(F)F)cc1. The van der Waals surface area contributed by atoms with Crippen molar-refractivity contribution in [2.75, 3.05) is 6.54 Å². The van der Waals surface area contributed by atoms with Gasteiger partial charge in [-0.15, -0.1) is 0 Å². The van der Waals surface area contributed by atoms with Gasteiger partial charge in [0.1, 0.15) is 5.82 Å². The van der Waals surface area contributed by atoms with Gasteiger partial charge in [-0.25, -0.2) is 9.67 Å². The molecule has 1 aliphatic rings. The van der Waals surface area contributed by atoms with E-state index in [4.69, 9.17) is 0 Å². The first-order valence-electron chi connectivity index (χ1n) is 9.28. The Bertz CT molecular complexity index is 1010. The van der Waals surface area contributed by atoms with Crippen molar-refractivity contribution in [1.29, 1.82) is 0 Å². The molecule has 1 aromatic heterocycles. The first-order chi connectivity index (χ1) is 13.8. The first-order valence-corrected chi connectivity index (χ1v) is 9.28. The Labute approximate surface area is 165 Å². The summed E-state index contributed by atoms with van der Waals surface area (Å²) in [4.78, 5) is 19.1. The van der Waals surface area contributed by atoms with Crippen LogP contribution in [0.25, 0.3) is 11.4 Å². The van der Waals surface area contributed by atoms with Crippen molar-refractivity contribution in [3.05, 3.63) is 71.5 Å². The summed E-state index contributed by atoms with van der Waals surface area (Å²) in [6.45, 7) is 2.89. The monoisotopic (exact) mass is 400 g/mol. The molecule has 1 amide bonds. The summed E-state index contributed by atoms with van der Waals surface area (Å²) in [5.74, 6) is 1.17. The fourth-order valence-corrected chi connectivity index (χ4v) is 3.50. The van der Waals surface area contributed by atoms with Crippen LogP contribution in [-0.4, -0.2) is 32.1 Å². The molecule has 1 atom stereocenters. The molecule has 150 valence electrons. The maximum atomic E-state index is 12.8. The van der Waals surface area contributed by atoms with Crippen molar-refractivity contribution < 1.29 is 18.0 Å². The highest BCUT2D eigenvalue weighted by molar-refractivity contribution is 5.79. The predicted molar refractivity (Wildman–Crippen MR) is 101 cm³/mol. The normalized spacial score (nSPS) is 16.6. The summed E-state index contributed by atoms with van der Waals surface area (Å²) in [5.41, 5.74) is 0.734. The van der Waals surface area contributed by atoms with Gasteiger partial charge in [-0.05, 0) is 24.6 Å². The molecule has 0 N–H and O–H groups in total. The number of rotatable bonds is 3. The number of amides is 1. The molecule has 0 radical (unpaired) electrons. The van der Waals surface area contributed by atoms with Crippen LogP contribution in [0.3, 0.4) is 0 Å². The summed E-state index contributed by atoms with van der Waals surface area (Å²) in [6, 6.07) is 14.1. The average Bonchev–Trinajstić information content (AvgIpc) is 3.14. The topological polar surface area (TPSA) is 51.0 Å². The molecule has 5 nitrogen and oxygen atoms in total. The number of aromatic nitrogens is 3. The molecule has 2 aromatic carbocycles. The van der Waals surface area contributed by atoms with Crippen molar-refractivity contribution >= 4 is 5.91 Å². The minimum Gasteiger partial charge on any atom is -0.331 e. The summed E-state index contributed by atoms with van der Waals surface area (Å²) < 4.78 is 39.9. The van der Waals surface area contributed by atoms with E-state index in [0.717, 1.165) is 17.7 Å². The molecule has 0 unspecified atom stereocenters. The summed E-state index contributed by atoms with van der Waals surface area (Å²) in [7, 11) is 0. The lowest BCUT2D eigenvalue weighted by Crippen LogP contribution is -2.42. The molecule has 1 aliphatic heterocycles. The third-order valence-corrected chi connectivity index (χ3v) is 5.08. The number of halogens is 3. The Morgan fingerprint density at radius 1 is 1.07 bits per heavy atom. The summed E-state index contributed by atoms with van der Waals surface area (Å²) >= 11 is 0. The summed E-state index contributed by atoms with van der Waals surface area (Å²) in [6.07, 6.45) is -4.34. The highest BCUT2D eigenvalue weighted by Crippen LogP contribution is 2.30. The van der Waals surface area contributed by atoms with Crippen LogP contribution in [0.4, 0.5) is 13.2 Å². The van der Waals surface area contributed by atoms with Crippen LogP contribution < -0.4 is 0 Å². The number of alkyl halides is 3. The molecular weight excluding hydrogens is 381 g/mol. The molecular formula is C21H19F3N4O. The number of carbonyl (C=O) groups is 1. The van der Waals surface area contributed by atoms with Gasteiger partial charge in [-0.2, -0.15) is 18.3 Å². The molecule has 0 spiro atoms. The molecule has 8 heteroatoms. The van der Waals surface area contributed by atoms with Gasteiger partial charge in [-0.3, -0.25) is 4.79 Å². The van der Waals surface area contributed by atoms with E-state index in [9.17, 15) is 18.0 Å². The smallest absolute Gasteiger partial charge is 0.331 e. The van der Waals surface area contributed by atoms with Crippen LogP contribution in [0.15, 0.2) is 54.6 Å². The van der Waals surface area contributed by atoms with Gasteiger partial charge in [-0.1, -0.05) is 42.5 Å². The van der Waals surface area contributed by atoms with Crippen molar-refractivity contribution in [3.63, 3.8) is 0 Å². The Hall–Kier alpha value is -3.16. The van der Waals surface area contributed by atoms with E-state index in [2.05, 4.69) is 10.1 Å². The van der Waals surface area contributed by atoms with Gasteiger partial charge < -0.3 is 4.90 Å². The van der Waals surface area contributed by atoms with E-state index in [-0.39, 0.29) is 18.4 Å². The molecule has 0 aliphatic carbocycles. The quantitative estimate of drug-likeness (QED) is 0.665. The second-order valence-electron chi connectivity index (χ2n) is 7.02. The van der Waals surface area contributed by atoms with Gasteiger partial charge in [0.2, 0.25) is 5.91 Å². The molecule has 3 aromatic rings. The van der Waals surface area contributed by atoms with Crippen LogP contribution in [0.2, 0.25) is 0 Å². The highest BCUT2D eigenvalue weighted by Gasteiger charge is 2.32. The second kappa shape index (κ2) is 7.35. The molecule has 0 fully saturated rings. The molecule has 2 heterocycles. The zero-order chi connectivity index (χ0) is 20.6. The lowest BCUT2D eigenvalue weighted by Gasteiger charge is -2.33. The number of nitrogens with zero attached hydrogens (tertiary/aromatic N) is 4. The number of hydrogen-bond acceptors (Lipinski definition) is 3. The molecule has 0 saturated heterocycles. The average molecular weight is 400 g/mol. The fraction of sp³-hybridized carbons (Fsp3) is 0.286. The van der Waals surface area contributed by atoms with E-state index in [1.165, 1.54) is 12.1 Å². The van der Waals surface area contributed by atoms with E-state index in [1.807, 2.05) is 41.9 Å². The van der Waals surface area contributed by atoms with Crippen LogP contribution in [0.5, 0.6) is 0 Å². The molecule has 4 rings (SSSR count). The van der Waals surface area contributed by atoms with E-state index < -0.39 is 11.7 Å². The van der Waals surface area contributed by atoms with Crippen LogP contribution in [-0.2, 0) is 23.9 Å². The largest absolute Gasteiger partial charge is 0.416 e. The van der Waals surface area contributed by atoms with Crippen LogP contribution >= 0.6 is 0 Å². The Morgan fingerprint density at radius 2 is 1.76 bits per heavy atom. The number of hydrogen-bond donors (Lipinski definition) is 0. The Morgan fingerprint density at radius 3 is 2.41 bits per heavy atom. The van der Waals surface area contributed by atoms with Gasteiger partial charge in [0, 0.05) is 12.1 Å². The van der Waals surface area contributed by atoms with Crippen molar-refractivity contribution in [2.45, 2.75) is 32.1 Å². The number of carbonyl (C=O) groups excluding carboxylic acids is 1. The van der Waals surface area contributed by atoms with Crippen LogP contribution in [0.1, 0.15) is 29.9 Å². The van der Waals surface area contributed by atoms with E-state index in [0.29, 0.717) is 30.3 Å². The summed E-state index contributed by atoms with van der Waals surface area (Å²) in [5, 5.41) is 4.54. The Kier molecular flexibility index (Phi) is 4.86. The standard InChI is InChI=1S/C21H19F3N4O/c1-14-20-25-19(16-5-3-2-4-6-16)26-28(20)12-11-27(14)18(29)13-15-7-9-17(10-8-15)21(22,23)24/h2-10,14H,11-13H2,1H3/t14-/m0/s1. The van der Waals surface area contributed by atoms with E-state index in [1.54, 1.807) is 4.90 Å². The third-order valence-electron chi connectivity index (χ3n) is 5.08. The predicted octanol–water partition coefficient (Wildman–Crippen LogP) is 4.11.